The Hall–Kier alpha value is -1.69. The molecule has 0 spiro atoms. The maximum absolute atomic E-state index is 12.3. The van der Waals surface area contributed by atoms with Gasteiger partial charge in [-0.3, -0.25) is 14.5 Å². The van der Waals surface area contributed by atoms with Crippen LogP contribution in [0.4, 0.5) is 4.79 Å². The summed E-state index contributed by atoms with van der Waals surface area (Å²) in [6.45, 7) is 6.11. The molecule has 2 heterocycles. The van der Waals surface area contributed by atoms with E-state index in [1.807, 2.05) is 30.5 Å². The van der Waals surface area contributed by atoms with Gasteiger partial charge in [0.2, 0.25) is 0 Å². The zero-order valence-corrected chi connectivity index (χ0v) is 16.3. The van der Waals surface area contributed by atoms with Crippen molar-refractivity contribution in [2.24, 2.45) is 0 Å². The summed E-state index contributed by atoms with van der Waals surface area (Å²) in [5, 5.41) is 0.760. The third-order valence-electron chi connectivity index (χ3n) is 4.11. The molecule has 0 aliphatic carbocycles. The number of imide groups is 1. The lowest BCUT2D eigenvalue weighted by Crippen LogP contribution is -2.27. The summed E-state index contributed by atoms with van der Waals surface area (Å²) >= 11 is 13.1. The minimum absolute atomic E-state index is 0.225. The van der Waals surface area contributed by atoms with E-state index in [-0.39, 0.29) is 11.1 Å². The van der Waals surface area contributed by atoms with Crippen molar-refractivity contribution in [3.8, 4) is 5.69 Å². The number of hydrogen-bond donors (Lipinski definition) is 0. The van der Waals surface area contributed by atoms with Gasteiger partial charge in [-0.2, -0.15) is 0 Å². The van der Waals surface area contributed by atoms with E-state index >= 15 is 0 Å². The minimum atomic E-state index is -0.239. The average Bonchev–Trinajstić information content (AvgIpc) is 2.99. The van der Waals surface area contributed by atoms with Crippen LogP contribution in [0.3, 0.4) is 0 Å². The van der Waals surface area contributed by atoms with Gasteiger partial charge in [0.05, 0.1) is 15.0 Å². The van der Waals surface area contributed by atoms with Crippen molar-refractivity contribution >= 4 is 52.2 Å². The normalized spacial score (nSPS) is 16.4. The number of benzene rings is 1. The first-order valence-electron chi connectivity index (χ1n) is 7.73. The second kappa shape index (κ2) is 6.90. The molecule has 0 bridgehead atoms. The van der Waals surface area contributed by atoms with Gasteiger partial charge in [0, 0.05) is 23.6 Å². The van der Waals surface area contributed by atoms with Gasteiger partial charge in [-0.05, 0) is 68.4 Å². The van der Waals surface area contributed by atoms with Gasteiger partial charge in [0.25, 0.3) is 11.1 Å². The van der Waals surface area contributed by atoms with Crippen molar-refractivity contribution in [1.29, 1.82) is 0 Å². The quantitative estimate of drug-likeness (QED) is 0.649. The number of carbonyl (C=O) groups excluding carboxylic acids is 2. The number of rotatable bonds is 3. The van der Waals surface area contributed by atoms with Crippen LogP contribution in [0.1, 0.15) is 23.9 Å². The van der Waals surface area contributed by atoms with E-state index in [2.05, 4.69) is 0 Å². The Balaban J connectivity index is 2.03. The molecule has 3 rings (SSSR count). The smallest absolute Gasteiger partial charge is 0.293 e. The van der Waals surface area contributed by atoms with Crippen LogP contribution in [0, 0.1) is 13.8 Å². The van der Waals surface area contributed by atoms with Gasteiger partial charge in [-0.1, -0.05) is 23.2 Å². The maximum atomic E-state index is 12.3. The summed E-state index contributed by atoms with van der Waals surface area (Å²) in [6, 6.07) is 7.43. The SMILES string of the molecule is CCN1C(=O)S/C(=C\c2cc(C)n(-c3ccc(Cl)c(Cl)c3)c2C)C1=O. The van der Waals surface area contributed by atoms with E-state index < -0.39 is 0 Å². The molecule has 7 heteroatoms. The zero-order chi connectivity index (χ0) is 18.3. The Morgan fingerprint density at radius 3 is 2.44 bits per heavy atom. The lowest BCUT2D eigenvalue weighted by atomic mass is 10.2. The lowest BCUT2D eigenvalue weighted by Gasteiger charge is -2.10. The van der Waals surface area contributed by atoms with Crippen molar-refractivity contribution in [1.82, 2.24) is 9.47 Å². The molecule has 130 valence electrons. The Bertz CT molecular complexity index is 918. The Morgan fingerprint density at radius 1 is 1.12 bits per heavy atom. The summed E-state index contributed by atoms with van der Waals surface area (Å²) in [4.78, 5) is 25.8. The fraction of sp³-hybridized carbons (Fsp3) is 0.222. The van der Waals surface area contributed by atoms with E-state index in [0.717, 1.165) is 34.4 Å². The van der Waals surface area contributed by atoms with Crippen molar-refractivity contribution in [2.45, 2.75) is 20.8 Å². The zero-order valence-electron chi connectivity index (χ0n) is 14.0. The molecule has 1 aliphatic heterocycles. The maximum Gasteiger partial charge on any atom is 0.293 e. The number of thioether (sulfide) groups is 1. The second-order valence-electron chi connectivity index (χ2n) is 5.69. The third-order valence-corrected chi connectivity index (χ3v) is 5.75. The van der Waals surface area contributed by atoms with E-state index in [0.29, 0.717) is 21.5 Å². The topological polar surface area (TPSA) is 42.3 Å². The van der Waals surface area contributed by atoms with Crippen LogP contribution in [-0.2, 0) is 4.79 Å². The van der Waals surface area contributed by atoms with Crippen LogP contribution >= 0.6 is 35.0 Å². The van der Waals surface area contributed by atoms with Gasteiger partial charge >= 0.3 is 0 Å². The molecule has 0 saturated carbocycles. The van der Waals surface area contributed by atoms with Crippen LogP contribution in [0.25, 0.3) is 11.8 Å². The Kier molecular flexibility index (Phi) is 5.00. The van der Waals surface area contributed by atoms with Crippen molar-refractivity contribution in [3.63, 3.8) is 0 Å². The highest BCUT2D eigenvalue weighted by Gasteiger charge is 2.33. The molecular formula is C18H16Cl2N2O2S. The standard InChI is InChI=1S/C18H16Cl2N2O2S/c1-4-21-17(23)16(25-18(21)24)8-12-7-10(2)22(11(12)3)13-5-6-14(19)15(20)9-13/h5-9H,4H2,1-3H3/b16-8-. The molecule has 0 atom stereocenters. The fourth-order valence-electron chi connectivity index (χ4n) is 2.87. The highest BCUT2D eigenvalue weighted by atomic mass is 35.5. The van der Waals surface area contributed by atoms with E-state index in [4.69, 9.17) is 23.2 Å². The van der Waals surface area contributed by atoms with Crippen LogP contribution in [0.5, 0.6) is 0 Å². The number of halogens is 2. The predicted molar refractivity (Wildman–Crippen MR) is 104 cm³/mol. The third kappa shape index (κ3) is 3.24. The first-order valence-corrected chi connectivity index (χ1v) is 9.30. The van der Waals surface area contributed by atoms with E-state index in [1.54, 1.807) is 25.1 Å². The lowest BCUT2D eigenvalue weighted by molar-refractivity contribution is -0.122. The van der Waals surface area contributed by atoms with Crippen LogP contribution in [0.15, 0.2) is 29.2 Å². The Morgan fingerprint density at radius 2 is 1.84 bits per heavy atom. The van der Waals surface area contributed by atoms with Crippen LogP contribution in [-0.4, -0.2) is 27.2 Å². The van der Waals surface area contributed by atoms with Crippen molar-refractivity contribution in [3.05, 3.63) is 56.2 Å². The Labute approximate surface area is 160 Å². The molecule has 2 aromatic rings. The van der Waals surface area contributed by atoms with Crippen molar-refractivity contribution < 1.29 is 9.59 Å². The summed E-state index contributed by atoms with van der Waals surface area (Å²) < 4.78 is 2.04. The molecular weight excluding hydrogens is 379 g/mol. The number of aryl methyl sites for hydroxylation is 1. The predicted octanol–water partition coefficient (Wildman–Crippen LogP) is 5.46. The molecule has 1 aromatic carbocycles. The van der Waals surface area contributed by atoms with Crippen molar-refractivity contribution in [2.75, 3.05) is 6.54 Å². The molecule has 25 heavy (non-hydrogen) atoms. The van der Waals surface area contributed by atoms with Gasteiger partial charge in [0.15, 0.2) is 0 Å². The van der Waals surface area contributed by atoms with Gasteiger partial charge in [-0.15, -0.1) is 0 Å². The largest absolute Gasteiger partial charge is 0.318 e. The summed E-state index contributed by atoms with van der Waals surface area (Å²) in [7, 11) is 0. The van der Waals surface area contributed by atoms with Crippen LogP contribution in [0.2, 0.25) is 10.0 Å². The first kappa shape index (κ1) is 18.1. The molecule has 2 amide bonds. The monoisotopic (exact) mass is 394 g/mol. The molecule has 4 nitrogen and oxygen atoms in total. The number of nitrogens with zero attached hydrogens (tertiary/aromatic N) is 2. The molecule has 1 fully saturated rings. The second-order valence-corrected chi connectivity index (χ2v) is 7.49. The average molecular weight is 395 g/mol. The summed E-state index contributed by atoms with van der Waals surface area (Å²) in [6.07, 6.45) is 1.77. The number of aromatic nitrogens is 1. The molecule has 1 saturated heterocycles. The van der Waals surface area contributed by atoms with E-state index in [1.165, 1.54) is 4.90 Å². The number of carbonyl (C=O) groups is 2. The van der Waals surface area contributed by atoms with Gasteiger partial charge in [-0.25, -0.2) is 0 Å². The van der Waals surface area contributed by atoms with Crippen LogP contribution < -0.4 is 0 Å². The number of hydrogen-bond acceptors (Lipinski definition) is 3. The first-order chi connectivity index (χ1) is 11.8. The van der Waals surface area contributed by atoms with E-state index in [9.17, 15) is 9.59 Å². The molecule has 1 aromatic heterocycles. The summed E-state index contributed by atoms with van der Waals surface area (Å²) in [5.41, 5.74) is 3.74. The fourth-order valence-corrected chi connectivity index (χ4v) is 4.06. The number of amides is 2. The molecule has 0 unspecified atom stereocenters. The van der Waals surface area contributed by atoms with Gasteiger partial charge in [0.1, 0.15) is 0 Å². The molecule has 0 radical (unpaired) electrons. The molecule has 1 aliphatic rings. The highest BCUT2D eigenvalue weighted by molar-refractivity contribution is 8.18. The molecule has 0 N–H and O–H groups in total. The minimum Gasteiger partial charge on any atom is -0.318 e. The highest BCUT2D eigenvalue weighted by Crippen LogP contribution is 2.34. The number of likely N-dealkylation sites (N-methyl/N-ethyl adjacent to an activating group) is 1. The summed E-state index contributed by atoms with van der Waals surface area (Å²) in [5.74, 6) is -0.239. The van der Waals surface area contributed by atoms with Gasteiger partial charge < -0.3 is 4.57 Å².